The maximum absolute atomic E-state index is 9.69. The fourth-order valence-corrected chi connectivity index (χ4v) is 6.13. The monoisotopic (exact) mass is 326 g/mol. The molecule has 0 bridgehead atoms. The maximum atomic E-state index is 9.69. The van der Waals surface area contributed by atoms with Crippen molar-refractivity contribution in [3.63, 3.8) is 0 Å². The molecule has 0 saturated carbocycles. The molecule has 0 aromatic rings. The van der Waals surface area contributed by atoms with E-state index in [2.05, 4.69) is 23.4 Å². The van der Waals surface area contributed by atoms with E-state index in [4.69, 9.17) is 8.92 Å². The molecule has 0 aromatic carbocycles. The third-order valence-electron chi connectivity index (χ3n) is 2.66. The Morgan fingerprint density at radius 2 is 2.00 bits per heavy atom. The van der Waals surface area contributed by atoms with Crippen LogP contribution < -0.4 is 0 Å². The van der Waals surface area contributed by atoms with Gasteiger partial charge in [-0.1, -0.05) is 0 Å². The van der Waals surface area contributed by atoms with Crippen LogP contribution in [-0.2, 0) is 0 Å². The fraction of sp³-hybridized carbons (Fsp3) is 0.818. The van der Waals surface area contributed by atoms with Gasteiger partial charge in [0.2, 0.25) is 0 Å². The van der Waals surface area contributed by atoms with Gasteiger partial charge in [0.05, 0.1) is 0 Å². The summed E-state index contributed by atoms with van der Waals surface area (Å²) in [5, 5.41) is 9.69. The Balaban J connectivity index is 4.42. The molecule has 0 amide bonds. The van der Waals surface area contributed by atoms with Crippen molar-refractivity contribution < 1.29 is 5.11 Å². The Morgan fingerprint density at radius 3 is 2.29 bits per heavy atom. The normalized spacial score (nSPS) is 16.4. The molecule has 0 saturated heterocycles. The molecule has 14 heavy (non-hydrogen) atoms. The van der Waals surface area contributed by atoms with Gasteiger partial charge in [-0.2, -0.15) is 0 Å². The number of aliphatic hydroxyl groups excluding tert-OH is 1. The van der Waals surface area contributed by atoms with E-state index in [0.717, 1.165) is 22.9 Å². The van der Waals surface area contributed by atoms with Crippen molar-refractivity contribution in [2.75, 3.05) is 0 Å². The third-order valence-corrected chi connectivity index (χ3v) is 9.71. The first-order valence-electron chi connectivity index (χ1n) is 5.37. The molecule has 0 heterocycles. The zero-order chi connectivity index (χ0) is 11.4. The van der Waals surface area contributed by atoms with Crippen molar-refractivity contribution in [2.24, 2.45) is 5.92 Å². The molecule has 0 aromatic heterocycles. The zero-order valence-corrected chi connectivity index (χ0v) is 13.4. The Labute approximate surface area is 96.1 Å². The van der Waals surface area contributed by atoms with Crippen molar-refractivity contribution in [1.82, 2.24) is 0 Å². The standard InChI is InChI=1S/C9H17O.2CH3.ClH.Sn/c1-4-6-7-9(5-2)8(3)10;;;;/h8-10H,2,4,6-7H2,1,3H3;2*1H3;1H;/q;;;;+1/p-1/t8-,9+;;;;/m1..../s1. The number of rotatable bonds is 6. The summed E-state index contributed by atoms with van der Waals surface area (Å²) in [6.07, 6.45) is 3.03. The summed E-state index contributed by atoms with van der Waals surface area (Å²) in [6, 6.07) is 0. The summed E-state index contributed by atoms with van der Waals surface area (Å²) in [6.45, 7) is 8.11. The van der Waals surface area contributed by atoms with Crippen molar-refractivity contribution in [2.45, 2.75) is 49.1 Å². The van der Waals surface area contributed by atoms with Gasteiger partial charge in [0.15, 0.2) is 0 Å². The molecule has 84 valence electrons. The topological polar surface area (TPSA) is 20.2 Å². The molecule has 1 nitrogen and oxygen atoms in total. The minimum absolute atomic E-state index is 0.221. The second kappa shape index (κ2) is 6.39. The molecule has 0 aliphatic heterocycles. The second-order valence-electron chi connectivity index (χ2n) is 4.49. The van der Waals surface area contributed by atoms with Crippen LogP contribution in [0.3, 0.4) is 0 Å². The molecule has 0 rings (SSSR count). The quantitative estimate of drug-likeness (QED) is 0.738. The molecular formula is C11H23ClOSn. The van der Waals surface area contributed by atoms with E-state index in [1.54, 1.807) is 0 Å². The average Bonchev–Trinajstić information content (AvgIpc) is 2.02. The first-order valence-corrected chi connectivity index (χ1v) is 16.1. The Morgan fingerprint density at radius 1 is 1.50 bits per heavy atom. The van der Waals surface area contributed by atoms with E-state index in [1.807, 2.05) is 6.92 Å². The van der Waals surface area contributed by atoms with Crippen molar-refractivity contribution in [1.29, 1.82) is 0 Å². The van der Waals surface area contributed by atoms with Crippen LogP contribution in [0.4, 0.5) is 0 Å². The number of aliphatic hydroxyl groups is 1. The number of hydrogen-bond acceptors (Lipinski definition) is 1. The second-order valence-corrected chi connectivity index (χ2v) is 21.1. The van der Waals surface area contributed by atoms with Crippen LogP contribution in [0.25, 0.3) is 0 Å². The van der Waals surface area contributed by atoms with E-state index in [0.29, 0.717) is 0 Å². The molecule has 1 N–H and O–H groups in total. The first kappa shape index (κ1) is 14.8. The molecule has 2 atom stereocenters. The van der Waals surface area contributed by atoms with Crippen LogP contribution in [0, 0.1) is 5.92 Å². The van der Waals surface area contributed by atoms with Gasteiger partial charge >= 0.3 is 96.5 Å². The summed E-state index contributed by atoms with van der Waals surface area (Å²) in [4.78, 5) is 4.28. The van der Waals surface area contributed by atoms with E-state index in [9.17, 15) is 5.11 Å². The number of hydrogen-bond donors (Lipinski definition) is 1. The molecule has 3 heteroatoms. The first-order chi connectivity index (χ1) is 6.30. The van der Waals surface area contributed by atoms with E-state index >= 15 is 0 Å². The average molecular weight is 325 g/mol. The summed E-state index contributed by atoms with van der Waals surface area (Å²) < 4.78 is 1.16. The van der Waals surface area contributed by atoms with Gasteiger partial charge in [-0.15, -0.1) is 0 Å². The van der Waals surface area contributed by atoms with E-state index < -0.39 is 17.3 Å². The Kier molecular flexibility index (Phi) is 6.75. The third kappa shape index (κ3) is 5.03. The number of unbranched alkanes of at least 4 members (excludes halogenated alkanes) is 1. The fourth-order valence-electron chi connectivity index (χ4n) is 1.57. The number of halogens is 1. The Hall–Kier alpha value is 0.789. The van der Waals surface area contributed by atoms with Crippen LogP contribution in [0.1, 0.15) is 33.1 Å². The van der Waals surface area contributed by atoms with Gasteiger partial charge in [0.1, 0.15) is 0 Å². The predicted octanol–water partition coefficient (Wildman–Crippen LogP) is 3.71. The van der Waals surface area contributed by atoms with Crippen LogP contribution in [0.5, 0.6) is 0 Å². The molecular weight excluding hydrogens is 302 g/mol. The van der Waals surface area contributed by atoms with Crippen LogP contribution in [0.2, 0.25) is 9.88 Å². The van der Waals surface area contributed by atoms with Gasteiger partial charge in [-0.3, -0.25) is 0 Å². The minimum atomic E-state index is -2.53. The molecule has 0 spiro atoms. The SMILES string of the molecule is C=[C]([C@@H](CCCC)[C@@H](C)O)[Sn]([CH3])([CH3])[Cl]. The van der Waals surface area contributed by atoms with Gasteiger partial charge in [-0.05, 0) is 0 Å². The van der Waals surface area contributed by atoms with Gasteiger partial charge < -0.3 is 0 Å². The predicted molar refractivity (Wildman–Crippen MR) is 67.2 cm³/mol. The van der Waals surface area contributed by atoms with Gasteiger partial charge in [0, 0.05) is 0 Å². The van der Waals surface area contributed by atoms with E-state index in [-0.39, 0.29) is 12.0 Å². The summed E-state index contributed by atoms with van der Waals surface area (Å²) in [5.41, 5.74) is 0. The van der Waals surface area contributed by atoms with Crippen molar-refractivity contribution >= 4 is 26.2 Å². The zero-order valence-electron chi connectivity index (χ0n) is 9.81. The Bertz CT molecular complexity index is 184. The van der Waals surface area contributed by atoms with Gasteiger partial charge in [0.25, 0.3) is 0 Å². The molecule has 0 aliphatic rings. The van der Waals surface area contributed by atoms with Crippen LogP contribution in [0.15, 0.2) is 10.2 Å². The van der Waals surface area contributed by atoms with Crippen LogP contribution >= 0.6 is 8.92 Å². The van der Waals surface area contributed by atoms with Gasteiger partial charge in [-0.25, -0.2) is 0 Å². The molecule has 0 fully saturated rings. The molecule has 0 aliphatic carbocycles. The van der Waals surface area contributed by atoms with Crippen LogP contribution in [-0.4, -0.2) is 28.5 Å². The molecule has 0 radical (unpaired) electrons. The summed E-state index contributed by atoms with van der Waals surface area (Å²) >= 11 is -2.53. The molecule has 0 unspecified atom stereocenters. The van der Waals surface area contributed by atoms with Crippen molar-refractivity contribution in [3.8, 4) is 0 Å². The summed E-state index contributed by atoms with van der Waals surface area (Å²) in [7, 11) is 6.40. The van der Waals surface area contributed by atoms with Crippen molar-refractivity contribution in [3.05, 3.63) is 10.2 Å². The van der Waals surface area contributed by atoms with E-state index in [1.165, 1.54) is 0 Å². The summed E-state index contributed by atoms with van der Waals surface area (Å²) in [5.74, 6) is 0.221.